The van der Waals surface area contributed by atoms with Crippen LogP contribution in [0.5, 0.6) is 5.75 Å². The molecule has 7 heteroatoms. The smallest absolute Gasteiger partial charge is 0.245 e. The number of halogens is 1. The number of amides is 1. The SMILES string of the molecule is COc1c(C#N)cc2ccccc2c1CNC(=O)C(C)(c1cccc(F)c1)N1CCNCC1. The van der Waals surface area contributed by atoms with Gasteiger partial charge in [-0.2, -0.15) is 5.26 Å². The second-order valence-electron chi connectivity index (χ2n) is 8.27. The van der Waals surface area contributed by atoms with E-state index in [2.05, 4.69) is 21.6 Å². The minimum Gasteiger partial charge on any atom is -0.495 e. The average molecular weight is 447 g/mol. The lowest BCUT2D eigenvalue weighted by molar-refractivity contribution is -0.134. The third-order valence-electron chi connectivity index (χ3n) is 6.43. The molecule has 3 aromatic carbocycles. The van der Waals surface area contributed by atoms with Crippen molar-refractivity contribution in [2.75, 3.05) is 33.3 Å². The van der Waals surface area contributed by atoms with E-state index in [1.54, 1.807) is 18.2 Å². The molecule has 1 saturated heterocycles. The number of fused-ring (bicyclic) bond motifs is 1. The predicted octanol–water partition coefficient (Wildman–Crippen LogP) is 3.30. The minimum atomic E-state index is -1.06. The van der Waals surface area contributed by atoms with Gasteiger partial charge in [-0.25, -0.2) is 4.39 Å². The lowest BCUT2D eigenvalue weighted by Gasteiger charge is -2.42. The molecule has 0 bridgehead atoms. The standard InChI is InChI=1S/C26H27FN4O2/c1-26(31-12-10-29-11-13-31,20-7-5-8-21(27)15-20)25(32)30-17-23-22-9-4-3-6-18(22)14-19(16-28)24(23)33-2/h3-9,14-15,29H,10-13,17H2,1-2H3,(H,30,32). The topological polar surface area (TPSA) is 77.4 Å². The van der Waals surface area contributed by atoms with Gasteiger partial charge < -0.3 is 15.4 Å². The number of nitriles is 1. The molecule has 1 unspecified atom stereocenters. The van der Waals surface area contributed by atoms with E-state index in [-0.39, 0.29) is 18.3 Å². The van der Waals surface area contributed by atoms with E-state index in [0.717, 1.165) is 29.4 Å². The maximum atomic E-state index is 14.1. The van der Waals surface area contributed by atoms with Crippen molar-refractivity contribution in [2.24, 2.45) is 0 Å². The highest BCUT2D eigenvalue weighted by Gasteiger charge is 2.41. The van der Waals surface area contributed by atoms with Gasteiger partial charge in [0, 0.05) is 38.3 Å². The second-order valence-corrected chi connectivity index (χ2v) is 8.27. The molecule has 3 aromatic rings. The van der Waals surface area contributed by atoms with Crippen molar-refractivity contribution >= 4 is 16.7 Å². The third-order valence-corrected chi connectivity index (χ3v) is 6.43. The number of rotatable bonds is 6. The molecule has 4 rings (SSSR count). The summed E-state index contributed by atoms with van der Waals surface area (Å²) in [5.41, 5.74) is 0.697. The maximum absolute atomic E-state index is 14.1. The van der Waals surface area contributed by atoms with Gasteiger partial charge in [0.1, 0.15) is 23.2 Å². The Morgan fingerprint density at radius 1 is 1.21 bits per heavy atom. The molecule has 1 heterocycles. The Labute approximate surface area is 193 Å². The van der Waals surface area contributed by atoms with Gasteiger partial charge in [0.2, 0.25) is 5.91 Å². The molecule has 1 aliphatic rings. The molecule has 0 spiro atoms. The van der Waals surface area contributed by atoms with Crippen LogP contribution < -0.4 is 15.4 Å². The number of nitrogens with one attached hydrogen (secondary N) is 2. The molecule has 2 N–H and O–H groups in total. The fourth-order valence-corrected chi connectivity index (χ4v) is 4.60. The van der Waals surface area contributed by atoms with Gasteiger partial charge in [-0.05, 0) is 41.5 Å². The number of piperazine rings is 1. The number of nitrogens with zero attached hydrogens (tertiary/aromatic N) is 2. The first-order valence-corrected chi connectivity index (χ1v) is 11.0. The monoisotopic (exact) mass is 446 g/mol. The molecule has 1 aliphatic heterocycles. The normalized spacial score (nSPS) is 16.1. The van der Waals surface area contributed by atoms with E-state index in [9.17, 15) is 14.4 Å². The van der Waals surface area contributed by atoms with Crippen molar-refractivity contribution in [1.82, 2.24) is 15.5 Å². The highest BCUT2D eigenvalue weighted by molar-refractivity contribution is 5.91. The van der Waals surface area contributed by atoms with Gasteiger partial charge in [-0.3, -0.25) is 9.69 Å². The molecule has 6 nitrogen and oxygen atoms in total. The summed E-state index contributed by atoms with van der Waals surface area (Å²) in [6.07, 6.45) is 0. The number of ether oxygens (including phenoxy) is 1. The molecule has 1 fully saturated rings. The zero-order valence-electron chi connectivity index (χ0n) is 18.8. The molecule has 0 saturated carbocycles. The van der Waals surface area contributed by atoms with E-state index in [4.69, 9.17) is 4.74 Å². The van der Waals surface area contributed by atoms with E-state index in [1.165, 1.54) is 19.2 Å². The summed E-state index contributed by atoms with van der Waals surface area (Å²) in [4.78, 5) is 15.8. The van der Waals surface area contributed by atoms with Crippen molar-refractivity contribution in [3.63, 3.8) is 0 Å². The van der Waals surface area contributed by atoms with Crippen LogP contribution in [0.25, 0.3) is 10.8 Å². The zero-order chi connectivity index (χ0) is 23.4. The van der Waals surface area contributed by atoms with Crippen molar-refractivity contribution in [3.05, 3.63) is 77.1 Å². The molecular weight excluding hydrogens is 419 g/mol. The van der Waals surface area contributed by atoms with Crippen LogP contribution in [0.2, 0.25) is 0 Å². The molecule has 1 atom stereocenters. The fraction of sp³-hybridized carbons (Fsp3) is 0.308. The molecule has 170 valence electrons. The highest BCUT2D eigenvalue weighted by atomic mass is 19.1. The quantitative estimate of drug-likeness (QED) is 0.608. The van der Waals surface area contributed by atoms with Gasteiger partial charge in [0.15, 0.2) is 0 Å². The Morgan fingerprint density at radius 2 is 1.97 bits per heavy atom. The fourth-order valence-electron chi connectivity index (χ4n) is 4.60. The van der Waals surface area contributed by atoms with Gasteiger partial charge in [0.25, 0.3) is 0 Å². The van der Waals surface area contributed by atoms with Crippen LogP contribution in [-0.2, 0) is 16.9 Å². The van der Waals surface area contributed by atoms with Crippen LogP contribution in [0.1, 0.15) is 23.6 Å². The summed E-state index contributed by atoms with van der Waals surface area (Å²) in [6.45, 7) is 4.84. The number of hydrogen-bond donors (Lipinski definition) is 2. The minimum absolute atomic E-state index is 0.176. The predicted molar refractivity (Wildman–Crippen MR) is 125 cm³/mol. The van der Waals surface area contributed by atoms with E-state index in [0.29, 0.717) is 30.0 Å². The first-order valence-electron chi connectivity index (χ1n) is 11.0. The summed E-state index contributed by atoms with van der Waals surface area (Å²) in [7, 11) is 1.52. The Hall–Kier alpha value is -3.47. The van der Waals surface area contributed by atoms with Crippen molar-refractivity contribution in [2.45, 2.75) is 19.0 Å². The van der Waals surface area contributed by atoms with Crippen molar-refractivity contribution in [1.29, 1.82) is 5.26 Å². The first kappa shape index (κ1) is 22.7. The Bertz CT molecular complexity index is 1220. The van der Waals surface area contributed by atoms with Crippen LogP contribution in [0.4, 0.5) is 4.39 Å². The van der Waals surface area contributed by atoms with Gasteiger partial charge >= 0.3 is 0 Å². The number of methoxy groups -OCH3 is 1. The first-order chi connectivity index (χ1) is 16.0. The maximum Gasteiger partial charge on any atom is 0.245 e. The summed E-state index contributed by atoms with van der Waals surface area (Å²) in [5.74, 6) is -0.161. The molecular formula is C26H27FN4O2. The van der Waals surface area contributed by atoms with E-state index >= 15 is 0 Å². The van der Waals surface area contributed by atoms with Crippen LogP contribution in [-0.4, -0.2) is 44.1 Å². The van der Waals surface area contributed by atoms with E-state index < -0.39 is 5.54 Å². The van der Waals surface area contributed by atoms with Gasteiger partial charge in [-0.15, -0.1) is 0 Å². The van der Waals surface area contributed by atoms with Crippen LogP contribution in [0.15, 0.2) is 54.6 Å². The lowest BCUT2D eigenvalue weighted by Crippen LogP contribution is -2.59. The molecule has 1 amide bonds. The summed E-state index contributed by atoms with van der Waals surface area (Å²) < 4.78 is 19.7. The highest BCUT2D eigenvalue weighted by Crippen LogP contribution is 2.33. The summed E-state index contributed by atoms with van der Waals surface area (Å²) >= 11 is 0. The number of benzene rings is 3. The van der Waals surface area contributed by atoms with Crippen LogP contribution in [0.3, 0.4) is 0 Å². The van der Waals surface area contributed by atoms with Gasteiger partial charge in [0.05, 0.1) is 12.7 Å². The molecule has 0 aromatic heterocycles. The van der Waals surface area contributed by atoms with E-state index in [1.807, 2.05) is 31.2 Å². The van der Waals surface area contributed by atoms with Gasteiger partial charge in [-0.1, -0.05) is 36.4 Å². The lowest BCUT2D eigenvalue weighted by atomic mass is 9.88. The summed E-state index contributed by atoms with van der Waals surface area (Å²) in [6, 6.07) is 17.9. The Balaban J connectivity index is 1.72. The van der Waals surface area contributed by atoms with Crippen molar-refractivity contribution in [3.8, 4) is 11.8 Å². The largest absolute Gasteiger partial charge is 0.495 e. The van der Waals surface area contributed by atoms with Crippen LogP contribution in [0, 0.1) is 17.1 Å². The Morgan fingerprint density at radius 3 is 2.67 bits per heavy atom. The molecule has 0 aliphatic carbocycles. The van der Waals surface area contributed by atoms with Crippen LogP contribution >= 0.6 is 0 Å². The van der Waals surface area contributed by atoms with Crippen molar-refractivity contribution < 1.29 is 13.9 Å². The summed E-state index contributed by atoms with van der Waals surface area (Å²) in [5, 5.41) is 17.8. The zero-order valence-corrected chi connectivity index (χ0v) is 18.8. The molecule has 33 heavy (non-hydrogen) atoms. The number of carbonyl (C=O) groups excluding carboxylic acids is 1. The number of hydrogen-bond acceptors (Lipinski definition) is 5. The third kappa shape index (κ3) is 4.28. The number of carbonyl (C=O) groups is 1. The average Bonchev–Trinajstić information content (AvgIpc) is 2.86. The molecule has 0 radical (unpaired) electrons. The Kier molecular flexibility index (Phi) is 6.59. The second kappa shape index (κ2) is 9.57.